The van der Waals surface area contributed by atoms with Gasteiger partial charge in [-0.25, -0.2) is 0 Å². The zero-order valence-electron chi connectivity index (χ0n) is 12.2. The molecule has 5 nitrogen and oxygen atoms in total. The van der Waals surface area contributed by atoms with Crippen LogP contribution in [0.3, 0.4) is 0 Å². The predicted molar refractivity (Wildman–Crippen MR) is 77.8 cm³/mol. The summed E-state index contributed by atoms with van der Waals surface area (Å²) in [5, 5.41) is 23.6. The lowest BCUT2D eigenvalue weighted by Gasteiger charge is -2.14. The maximum atomic E-state index is 10.5. The Morgan fingerprint density at radius 3 is 2.60 bits per heavy atom. The second kappa shape index (κ2) is 5.89. The van der Waals surface area contributed by atoms with Crippen molar-refractivity contribution in [1.29, 1.82) is 0 Å². The Labute approximate surface area is 123 Å². The maximum absolute atomic E-state index is 10.5. The van der Waals surface area contributed by atoms with E-state index in [0.29, 0.717) is 11.4 Å². The van der Waals surface area contributed by atoms with E-state index in [4.69, 9.17) is 11.6 Å². The number of aliphatic hydroxyl groups is 1. The van der Waals surface area contributed by atoms with Crippen LogP contribution in [0, 0.1) is 13.8 Å². The Hall–Kier alpha value is -1.46. The molecule has 0 bridgehead atoms. The Kier molecular flexibility index (Phi) is 4.40. The SMILES string of the molecule is CCc1nnc(C)cc1C(O)Cc1c(Cl)c(C)nn1C. The average molecular weight is 295 g/mol. The van der Waals surface area contributed by atoms with Crippen molar-refractivity contribution in [2.75, 3.05) is 0 Å². The highest BCUT2D eigenvalue weighted by Crippen LogP contribution is 2.26. The smallest absolute Gasteiger partial charge is 0.0864 e. The first-order valence-electron chi connectivity index (χ1n) is 6.63. The predicted octanol–water partition coefficient (Wildman–Crippen LogP) is 2.32. The first kappa shape index (κ1) is 14.9. The molecule has 0 aliphatic heterocycles. The van der Waals surface area contributed by atoms with Crippen molar-refractivity contribution in [1.82, 2.24) is 20.0 Å². The van der Waals surface area contributed by atoms with Crippen molar-refractivity contribution >= 4 is 11.6 Å². The van der Waals surface area contributed by atoms with Crippen molar-refractivity contribution in [2.24, 2.45) is 7.05 Å². The van der Waals surface area contributed by atoms with Gasteiger partial charge in [0.1, 0.15) is 0 Å². The van der Waals surface area contributed by atoms with Gasteiger partial charge in [-0.2, -0.15) is 15.3 Å². The molecule has 0 amide bonds. The van der Waals surface area contributed by atoms with E-state index in [1.165, 1.54) is 0 Å². The van der Waals surface area contributed by atoms with Gasteiger partial charge in [0.05, 0.1) is 33.9 Å². The molecule has 2 heterocycles. The van der Waals surface area contributed by atoms with Crippen LogP contribution in [-0.4, -0.2) is 25.1 Å². The number of halogens is 1. The number of aromatic nitrogens is 4. The molecule has 0 aliphatic rings. The second-order valence-corrected chi connectivity index (χ2v) is 5.31. The highest BCUT2D eigenvalue weighted by Gasteiger charge is 2.19. The van der Waals surface area contributed by atoms with E-state index in [9.17, 15) is 5.11 Å². The van der Waals surface area contributed by atoms with Crippen molar-refractivity contribution in [3.05, 3.63) is 39.4 Å². The van der Waals surface area contributed by atoms with E-state index in [1.807, 2.05) is 33.9 Å². The molecule has 1 N–H and O–H groups in total. The van der Waals surface area contributed by atoms with Crippen LogP contribution in [0.1, 0.15) is 41.4 Å². The van der Waals surface area contributed by atoms with E-state index in [-0.39, 0.29) is 0 Å². The molecule has 108 valence electrons. The molecule has 0 aromatic carbocycles. The van der Waals surface area contributed by atoms with E-state index in [1.54, 1.807) is 4.68 Å². The minimum Gasteiger partial charge on any atom is -0.388 e. The van der Waals surface area contributed by atoms with E-state index < -0.39 is 6.10 Å². The first-order chi connectivity index (χ1) is 9.43. The number of aliphatic hydroxyl groups excluding tert-OH is 1. The largest absolute Gasteiger partial charge is 0.388 e. The molecular formula is C14H19ClN4O. The fraction of sp³-hybridized carbons (Fsp3) is 0.500. The monoisotopic (exact) mass is 294 g/mol. The normalized spacial score (nSPS) is 12.7. The summed E-state index contributed by atoms with van der Waals surface area (Å²) in [6, 6.07) is 1.88. The van der Waals surface area contributed by atoms with Crippen LogP contribution < -0.4 is 0 Å². The minimum atomic E-state index is -0.661. The molecule has 0 aliphatic carbocycles. The lowest BCUT2D eigenvalue weighted by atomic mass is 10.0. The Balaban J connectivity index is 2.32. The summed E-state index contributed by atoms with van der Waals surface area (Å²) in [5.41, 5.74) is 4.03. The number of rotatable bonds is 4. The van der Waals surface area contributed by atoms with E-state index in [0.717, 1.165) is 34.8 Å². The molecule has 0 radical (unpaired) electrons. The number of aryl methyl sites for hydroxylation is 4. The van der Waals surface area contributed by atoms with Gasteiger partial charge in [0.2, 0.25) is 0 Å². The van der Waals surface area contributed by atoms with Crippen LogP contribution in [0.2, 0.25) is 5.02 Å². The van der Waals surface area contributed by atoms with Gasteiger partial charge in [0.25, 0.3) is 0 Å². The zero-order valence-corrected chi connectivity index (χ0v) is 12.9. The zero-order chi connectivity index (χ0) is 14.9. The molecule has 0 saturated heterocycles. The quantitative estimate of drug-likeness (QED) is 0.940. The Bertz CT molecular complexity index is 624. The van der Waals surface area contributed by atoms with Gasteiger partial charge in [-0.3, -0.25) is 4.68 Å². The standard InChI is InChI=1S/C14H19ClN4O/c1-5-11-10(6-8(2)16-17-11)13(20)7-12-14(15)9(3)18-19(12)4/h6,13,20H,5,7H2,1-4H3. The van der Waals surface area contributed by atoms with E-state index in [2.05, 4.69) is 15.3 Å². The molecule has 0 spiro atoms. The van der Waals surface area contributed by atoms with Crippen molar-refractivity contribution in [2.45, 2.75) is 39.7 Å². The molecule has 2 aromatic rings. The first-order valence-corrected chi connectivity index (χ1v) is 7.01. The van der Waals surface area contributed by atoms with Crippen LogP contribution >= 0.6 is 11.6 Å². The van der Waals surface area contributed by atoms with Crippen LogP contribution in [0.25, 0.3) is 0 Å². The lowest BCUT2D eigenvalue weighted by Crippen LogP contribution is -2.11. The van der Waals surface area contributed by atoms with E-state index >= 15 is 0 Å². The van der Waals surface area contributed by atoms with Gasteiger partial charge >= 0.3 is 0 Å². The van der Waals surface area contributed by atoms with Gasteiger partial charge in [-0.05, 0) is 26.3 Å². The van der Waals surface area contributed by atoms with Crippen molar-refractivity contribution in [3.8, 4) is 0 Å². The highest BCUT2D eigenvalue weighted by atomic mass is 35.5. The maximum Gasteiger partial charge on any atom is 0.0864 e. The molecule has 0 saturated carbocycles. The summed E-state index contributed by atoms with van der Waals surface area (Å²) in [7, 11) is 1.83. The van der Waals surface area contributed by atoms with Gasteiger partial charge < -0.3 is 5.11 Å². The van der Waals surface area contributed by atoms with Gasteiger partial charge in [0, 0.05) is 19.0 Å². The third-order valence-corrected chi connectivity index (χ3v) is 3.86. The second-order valence-electron chi connectivity index (χ2n) is 4.93. The van der Waals surface area contributed by atoms with Crippen molar-refractivity contribution < 1.29 is 5.11 Å². The van der Waals surface area contributed by atoms with Crippen LogP contribution in [0.15, 0.2) is 6.07 Å². The molecule has 1 atom stereocenters. The lowest BCUT2D eigenvalue weighted by molar-refractivity contribution is 0.174. The molecule has 0 fully saturated rings. The van der Waals surface area contributed by atoms with Gasteiger partial charge in [-0.1, -0.05) is 18.5 Å². The number of hydrogen-bond donors (Lipinski definition) is 1. The fourth-order valence-corrected chi connectivity index (χ4v) is 2.53. The summed E-state index contributed by atoms with van der Waals surface area (Å²) < 4.78 is 1.72. The topological polar surface area (TPSA) is 63.8 Å². The molecular weight excluding hydrogens is 276 g/mol. The van der Waals surface area contributed by atoms with Gasteiger partial charge in [-0.15, -0.1) is 0 Å². The summed E-state index contributed by atoms with van der Waals surface area (Å²) in [6.45, 7) is 5.72. The van der Waals surface area contributed by atoms with Crippen molar-refractivity contribution in [3.63, 3.8) is 0 Å². The summed E-state index contributed by atoms with van der Waals surface area (Å²) in [6.07, 6.45) is 0.484. The minimum absolute atomic E-state index is 0.411. The fourth-order valence-electron chi connectivity index (χ4n) is 2.29. The third-order valence-electron chi connectivity index (χ3n) is 3.37. The molecule has 1 unspecified atom stereocenters. The third kappa shape index (κ3) is 2.83. The average Bonchev–Trinajstić information content (AvgIpc) is 2.65. The Morgan fingerprint density at radius 1 is 1.35 bits per heavy atom. The summed E-state index contributed by atoms with van der Waals surface area (Å²) >= 11 is 6.23. The summed E-state index contributed by atoms with van der Waals surface area (Å²) in [5.74, 6) is 0. The number of nitrogens with zero attached hydrogens (tertiary/aromatic N) is 4. The van der Waals surface area contributed by atoms with Crippen LogP contribution in [0.5, 0.6) is 0 Å². The molecule has 6 heteroatoms. The highest BCUT2D eigenvalue weighted by molar-refractivity contribution is 6.31. The van der Waals surface area contributed by atoms with Gasteiger partial charge in [0.15, 0.2) is 0 Å². The Morgan fingerprint density at radius 2 is 2.05 bits per heavy atom. The molecule has 20 heavy (non-hydrogen) atoms. The van der Waals surface area contributed by atoms with Crippen LogP contribution in [0.4, 0.5) is 0 Å². The molecule has 2 aromatic heterocycles. The number of hydrogen-bond acceptors (Lipinski definition) is 4. The van der Waals surface area contributed by atoms with Crippen LogP contribution in [-0.2, 0) is 19.9 Å². The molecule has 2 rings (SSSR count). The summed E-state index contributed by atoms with van der Waals surface area (Å²) in [4.78, 5) is 0.